The van der Waals surface area contributed by atoms with Crippen LogP contribution >= 0.6 is 0 Å². The first-order chi connectivity index (χ1) is 8.92. The van der Waals surface area contributed by atoms with E-state index < -0.39 is 0 Å². The van der Waals surface area contributed by atoms with Crippen LogP contribution in [0.5, 0.6) is 0 Å². The van der Waals surface area contributed by atoms with E-state index in [0.29, 0.717) is 0 Å². The van der Waals surface area contributed by atoms with Gasteiger partial charge in [0.25, 0.3) is 0 Å². The highest BCUT2D eigenvalue weighted by atomic mass is 14.8. The quantitative estimate of drug-likeness (QED) is 0.618. The second-order valence-corrected chi connectivity index (χ2v) is 4.35. The highest BCUT2D eigenvalue weighted by molar-refractivity contribution is 5.84. The van der Waals surface area contributed by atoms with Gasteiger partial charge in [-0.25, -0.2) is 0 Å². The Morgan fingerprint density at radius 1 is 1.22 bits per heavy atom. The van der Waals surface area contributed by atoms with Gasteiger partial charge in [-0.1, -0.05) is 18.2 Å². The zero-order chi connectivity index (χ0) is 12.6. The number of aromatic nitrogens is 1. The fourth-order valence-corrected chi connectivity index (χ4v) is 2.04. The van der Waals surface area contributed by atoms with E-state index in [-0.39, 0.29) is 0 Å². The van der Waals surface area contributed by atoms with Crippen LogP contribution in [0.25, 0.3) is 10.8 Å². The molecular formula is C16H18N2. The van der Waals surface area contributed by atoms with Gasteiger partial charge in [0.2, 0.25) is 0 Å². The third-order valence-corrected chi connectivity index (χ3v) is 3.01. The predicted octanol–water partition coefficient (Wildman–Crippen LogP) is 3.13. The number of unbranched alkanes of at least 4 members (excludes halogenated alkanes) is 2. The lowest BCUT2D eigenvalue weighted by atomic mass is 10.1. The van der Waals surface area contributed by atoms with Crippen LogP contribution in [0.3, 0.4) is 0 Å². The molecule has 0 bridgehead atoms. The van der Waals surface area contributed by atoms with Gasteiger partial charge in [0, 0.05) is 30.7 Å². The van der Waals surface area contributed by atoms with Gasteiger partial charge < -0.3 is 5.32 Å². The van der Waals surface area contributed by atoms with Crippen molar-refractivity contribution < 1.29 is 0 Å². The first-order valence-electron chi connectivity index (χ1n) is 6.37. The monoisotopic (exact) mass is 238 g/mol. The summed E-state index contributed by atoms with van der Waals surface area (Å²) in [7, 11) is 0. The molecule has 18 heavy (non-hydrogen) atoms. The van der Waals surface area contributed by atoms with Crippen LogP contribution in [0, 0.1) is 12.3 Å². The van der Waals surface area contributed by atoms with Gasteiger partial charge in [0.1, 0.15) is 0 Å². The van der Waals surface area contributed by atoms with Crippen molar-refractivity contribution in [1.82, 2.24) is 10.3 Å². The molecule has 0 unspecified atom stereocenters. The van der Waals surface area contributed by atoms with Gasteiger partial charge in [-0.15, -0.1) is 12.3 Å². The second-order valence-electron chi connectivity index (χ2n) is 4.35. The summed E-state index contributed by atoms with van der Waals surface area (Å²) in [6.07, 6.45) is 12.1. The van der Waals surface area contributed by atoms with Gasteiger partial charge in [0.05, 0.1) is 0 Å². The minimum Gasteiger partial charge on any atom is -0.313 e. The molecule has 1 aromatic heterocycles. The predicted molar refractivity (Wildman–Crippen MR) is 76.1 cm³/mol. The number of nitrogens with zero attached hydrogens (tertiary/aromatic N) is 1. The van der Waals surface area contributed by atoms with Crippen LogP contribution in [0.2, 0.25) is 0 Å². The molecule has 0 saturated heterocycles. The zero-order valence-electron chi connectivity index (χ0n) is 10.5. The number of hydrogen-bond donors (Lipinski definition) is 1. The molecule has 2 nitrogen and oxygen atoms in total. The fraction of sp³-hybridized carbons (Fsp3) is 0.312. The van der Waals surface area contributed by atoms with E-state index >= 15 is 0 Å². The number of fused-ring (bicyclic) bond motifs is 1. The Morgan fingerprint density at radius 3 is 3.06 bits per heavy atom. The lowest BCUT2D eigenvalue weighted by molar-refractivity contribution is 0.631. The van der Waals surface area contributed by atoms with Crippen LogP contribution in [0.1, 0.15) is 24.8 Å². The summed E-state index contributed by atoms with van der Waals surface area (Å²) >= 11 is 0. The van der Waals surface area contributed by atoms with E-state index in [9.17, 15) is 0 Å². The van der Waals surface area contributed by atoms with E-state index in [1.807, 2.05) is 12.4 Å². The van der Waals surface area contributed by atoms with Gasteiger partial charge in [0.15, 0.2) is 0 Å². The van der Waals surface area contributed by atoms with Crippen molar-refractivity contribution in [2.45, 2.75) is 25.8 Å². The maximum absolute atomic E-state index is 5.22. The number of pyridine rings is 1. The smallest absolute Gasteiger partial charge is 0.0346 e. The van der Waals surface area contributed by atoms with Crippen LogP contribution < -0.4 is 5.32 Å². The molecule has 0 radical (unpaired) electrons. The first kappa shape index (κ1) is 12.6. The maximum Gasteiger partial charge on any atom is 0.0346 e. The molecule has 92 valence electrons. The van der Waals surface area contributed by atoms with E-state index in [1.54, 1.807) is 0 Å². The molecule has 0 atom stereocenters. The SMILES string of the molecule is C#CCCCCNCc1cccc2cnccc12. The fourth-order valence-electron chi connectivity index (χ4n) is 2.04. The third kappa shape index (κ3) is 3.32. The Bertz CT molecular complexity index is 535. The highest BCUT2D eigenvalue weighted by Crippen LogP contribution is 2.17. The van der Waals surface area contributed by atoms with Crippen LogP contribution in [0.15, 0.2) is 36.7 Å². The number of terminal acetylenes is 1. The molecule has 0 amide bonds. The van der Waals surface area contributed by atoms with Crippen LogP contribution in [-0.2, 0) is 6.54 Å². The number of benzene rings is 1. The largest absolute Gasteiger partial charge is 0.313 e. The first-order valence-corrected chi connectivity index (χ1v) is 6.37. The summed E-state index contributed by atoms with van der Waals surface area (Å²) in [4.78, 5) is 4.14. The second kappa shape index (κ2) is 6.78. The van der Waals surface area contributed by atoms with Gasteiger partial charge in [-0.3, -0.25) is 4.98 Å². The molecule has 1 heterocycles. The van der Waals surface area contributed by atoms with E-state index in [2.05, 4.69) is 40.5 Å². The molecule has 2 rings (SSSR count). The summed E-state index contributed by atoms with van der Waals surface area (Å²) in [5, 5.41) is 5.94. The van der Waals surface area contributed by atoms with Crippen molar-refractivity contribution in [2.24, 2.45) is 0 Å². The lowest BCUT2D eigenvalue weighted by Gasteiger charge is -2.07. The van der Waals surface area contributed by atoms with E-state index in [4.69, 9.17) is 6.42 Å². The van der Waals surface area contributed by atoms with E-state index in [0.717, 1.165) is 32.4 Å². The molecule has 1 N–H and O–H groups in total. The minimum absolute atomic E-state index is 0.877. The Balaban J connectivity index is 1.90. The Hall–Kier alpha value is -1.85. The third-order valence-electron chi connectivity index (χ3n) is 3.01. The molecule has 0 aliphatic heterocycles. The Labute approximate surface area is 108 Å². The molecule has 0 fully saturated rings. The van der Waals surface area contributed by atoms with Gasteiger partial charge in [-0.05, 0) is 36.4 Å². The van der Waals surface area contributed by atoms with Gasteiger partial charge >= 0.3 is 0 Å². The van der Waals surface area contributed by atoms with Crippen LogP contribution in [0.4, 0.5) is 0 Å². The molecule has 0 saturated carbocycles. The summed E-state index contributed by atoms with van der Waals surface area (Å²) in [5.74, 6) is 2.67. The summed E-state index contributed by atoms with van der Waals surface area (Å²) in [6, 6.07) is 8.42. The van der Waals surface area contributed by atoms with Crippen molar-refractivity contribution in [3.63, 3.8) is 0 Å². The molecule has 0 spiro atoms. The normalized spacial score (nSPS) is 10.4. The van der Waals surface area contributed by atoms with Crippen LogP contribution in [-0.4, -0.2) is 11.5 Å². The van der Waals surface area contributed by atoms with Crippen molar-refractivity contribution in [3.8, 4) is 12.3 Å². The van der Waals surface area contributed by atoms with Crippen molar-refractivity contribution in [1.29, 1.82) is 0 Å². The maximum atomic E-state index is 5.22. The minimum atomic E-state index is 0.877. The molecule has 2 heteroatoms. The Morgan fingerprint density at radius 2 is 2.17 bits per heavy atom. The number of rotatable bonds is 6. The van der Waals surface area contributed by atoms with Crippen molar-refractivity contribution >= 4 is 10.8 Å². The zero-order valence-corrected chi connectivity index (χ0v) is 10.5. The number of hydrogen-bond acceptors (Lipinski definition) is 2. The van der Waals surface area contributed by atoms with E-state index in [1.165, 1.54) is 16.3 Å². The molecule has 2 aromatic rings. The highest BCUT2D eigenvalue weighted by Gasteiger charge is 1.99. The summed E-state index contributed by atoms with van der Waals surface area (Å²) in [5.41, 5.74) is 1.33. The average molecular weight is 238 g/mol. The molecule has 0 aliphatic rings. The molecular weight excluding hydrogens is 220 g/mol. The van der Waals surface area contributed by atoms with Crippen molar-refractivity contribution in [3.05, 3.63) is 42.2 Å². The summed E-state index contributed by atoms with van der Waals surface area (Å²) < 4.78 is 0. The summed E-state index contributed by atoms with van der Waals surface area (Å²) in [6.45, 7) is 1.92. The molecule has 1 aromatic carbocycles. The average Bonchev–Trinajstić information content (AvgIpc) is 2.43. The van der Waals surface area contributed by atoms with Gasteiger partial charge in [-0.2, -0.15) is 0 Å². The lowest BCUT2D eigenvalue weighted by Crippen LogP contribution is -2.14. The molecule has 0 aliphatic carbocycles. The van der Waals surface area contributed by atoms with Crippen molar-refractivity contribution in [2.75, 3.05) is 6.54 Å². The topological polar surface area (TPSA) is 24.9 Å². The Kier molecular flexibility index (Phi) is 4.75. The number of nitrogens with one attached hydrogen (secondary N) is 1. The standard InChI is InChI=1S/C16H18N2/c1-2-3-4-5-10-17-12-14-7-6-8-15-13-18-11-9-16(14)15/h1,6-9,11,13,17H,3-5,10,12H2.